The molecule has 5 heteroatoms. The lowest BCUT2D eigenvalue weighted by atomic mass is 10.2. The summed E-state index contributed by atoms with van der Waals surface area (Å²) < 4.78 is 1.72. The summed E-state index contributed by atoms with van der Waals surface area (Å²) in [5.41, 5.74) is 0. The van der Waals surface area contributed by atoms with E-state index in [2.05, 4.69) is 10.3 Å². The Morgan fingerprint density at radius 2 is 2.31 bits per heavy atom. The smallest absolute Gasteiger partial charge is 0.326 e. The van der Waals surface area contributed by atoms with Gasteiger partial charge >= 0.3 is 5.97 Å². The van der Waals surface area contributed by atoms with E-state index in [9.17, 15) is 4.79 Å². The van der Waals surface area contributed by atoms with Crippen molar-refractivity contribution >= 4 is 5.97 Å². The first-order valence-electron chi connectivity index (χ1n) is 5.54. The van der Waals surface area contributed by atoms with Crippen molar-refractivity contribution in [2.24, 2.45) is 0 Å². The topological polar surface area (TPSA) is 67.1 Å². The monoisotopic (exact) mass is 225 g/mol. The van der Waals surface area contributed by atoms with Crippen LogP contribution in [0.1, 0.15) is 39.1 Å². The fourth-order valence-corrected chi connectivity index (χ4v) is 1.55. The third-order valence-corrected chi connectivity index (χ3v) is 2.42. The average molecular weight is 225 g/mol. The predicted molar refractivity (Wildman–Crippen MR) is 61.2 cm³/mol. The minimum Gasteiger partial charge on any atom is -0.480 e. The van der Waals surface area contributed by atoms with Crippen LogP contribution in [0.25, 0.3) is 0 Å². The van der Waals surface area contributed by atoms with E-state index in [1.807, 2.05) is 20.8 Å². The lowest BCUT2D eigenvalue weighted by Crippen LogP contribution is -2.26. The number of hydrogen-bond donors (Lipinski definition) is 2. The number of carboxylic acid groups (broad SMARTS) is 1. The van der Waals surface area contributed by atoms with Crippen LogP contribution in [0.5, 0.6) is 0 Å². The van der Waals surface area contributed by atoms with E-state index >= 15 is 0 Å². The van der Waals surface area contributed by atoms with Gasteiger partial charge in [0.2, 0.25) is 0 Å². The fourth-order valence-electron chi connectivity index (χ4n) is 1.55. The van der Waals surface area contributed by atoms with Gasteiger partial charge < -0.3 is 15.0 Å². The van der Waals surface area contributed by atoms with Crippen LogP contribution in [-0.4, -0.2) is 26.7 Å². The molecule has 1 atom stereocenters. The second kappa shape index (κ2) is 5.65. The van der Waals surface area contributed by atoms with Crippen molar-refractivity contribution in [1.82, 2.24) is 14.9 Å². The molecule has 0 aliphatic rings. The summed E-state index contributed by atoms with van der Waals surface area (Å²) in [4.78, 5) is 15.2. The molecule has 16 heavy (non-hydrogen) atoms. The van der Waals surface area contributed by atoms with Crippen molar-refractivity contribution in [2.75, 3.05) is 0 Å². The molecule has 0 fully saturated rings. The van der Waals surface area contributed by atoms with Gasteiger partial charge in [-0.3, -0.25) is 0 Å². The maximum absolute atomic E-state index is 11.1. The number of aliphatic carboxylic acids is 1. The van der Waals surface area contributed by atoms with Gasteiger partial charge in [0, 0.05) is 18.4 Å². The lowest BCUT2D eigenvalue weighted by molar-refractivity contribution is -0.141. The van der Waals surface area contributed by atoms with Gasteiger partial charge in [-0.2, -0.15) is 0 Å². The van der Waals surface area contributed by atoms with Gasteiger partial charge in [0.25, 0.3) is 0 Å². The van der Waals surface area contributed by atoms with E-state index in [4.69, 9.17) is 5.11 Å². The van der Waals surface area contributed by atoms with Gasteiger partial charge in [0.15, 0.2) is 0 Å². The van der Waals surface area contributed by atoms with Gasteiger partial charge in [0.05, 0.1) is 6.54 Å². The van der Waals surface area contributed by atoms with Crippen LogP contribution in [0.2, 0.25) is 0 Å². The molecule has 1 heterocycles. The Balaban J connectivity index is 2.80. The van der Waals surface area contributed by atoms with Gasteiger partial charge in [-0.25, -0.2) is 9.78 Å². The number of nitrogens with zero attached hydrogens (tertiary/aromatic N) is 2. The van der Waals surface area contributed by atoms with Gasteiger partial charge in [-0.1, -0.05) is 20.8 Å². The summed E-state index contributed by atoms with van der Waals surface area (Å²) in [7, 11) is 0. The molecule has 90 valence electrons. The second-order valence-electron chi connectivity index (χ2n) is 4.05. The van der Waals surface area contributed by atoms with Gasteiger partial charge in [0.1, 0.15) is 11.9 Å². The third kappa shape index (κ3) is 3.06. The van der Waals surface area contributed by atoms with E-state index in [0.29, 0.717) is 19.0 Å². The summed E-state index contributed by atoms with van der Waals surface area (Å²) in [5.74, 6) is -0.0470. The molecule has 0 bridgehead atoms. The van der Waals surface area contributed by atoms with Crippen molar-refractivity contribution < 1.29 is 9.90 Å². The summed E-state index contributed by atoms with van der Waals surface area (Å²) in [5, 5.41) is 12.3. The third-order valence-electron chi connectivity index (χ3n) is 2.42. The van der Waals surface area contributed by atoms with E-state index in [-0.39, 0.29) is 0 Å². The number of imidazole rings is 1. The molecule has 0 spiro atoms. The van der Waals surface area contributed by atoms with Gasteiger partial charge in [-0.15, -0.1) is 0 Å². The molecular formula is C11H19N3O2. The Bertz CT molecular complexity index is 347. The van der Waals surface area contributed by atoms with Crippen molar-refractivity contribution in [3.8, 4) is 0 Å². The quantitative estimate of drug-likeness (QED) is 0.768. The van der Waals surface area contributed by atoms with Crippen molar-refractivity contribution in [3.05, 3.63) is 18.2 Å². The summed E-state index contributed by atoms with van der Waals surface area (Å²) in [6.45, 7) is 6.54. The first-order chi connectivity index (χ1) is 7.56. The highest BCUT2D eigenvalue weighted by Gasteiger charge is 2.19. The first-order valence-corrected chi connectivity index (χ1v) is 5.54. The Morgan fingerprint density at radius 3 is 2.81 bits per heavy atom. The minimum absolute atomic E-state index is 0.357. The summed E-state index contributed by atoms with van der Waals surface area (Å²) in [6, 6.07) is -0.165. The number of carboxylic acids is 1. The highest BCUT2D eigenvalue weighted by atomic mass is 16.4. The zero-order chi connectivity index (χ0) is 12.1. The molecule has 1 aromatic heterocycles. The maximum atomic E-state index is 11.1. The molecule has 0 saturated heterocycles. The molecule has 1 aromatic rings. The first kappa shape index (κ1) is 12.7. The standard InChI is InChI=1S/C11H19N3O2/c1-4-9(11(15)16)14-6-5-12-10(14)7-13-8(2)3/h5-6,8-9,13H,4,7H2,1-3H3,(H,15,16). The highest BCUT2D eigenvalue weighted by molar-refractivity contribution is 5.71. The van der Waals surface area contributed by atoms with Crippen LogP contribution in [0.3, 0.4) is 0 Å². The summed E-state index contributed by atoms with van der Waals surface area (Å²) >= 11 is 0. The Kier molecular flexibility index (Phi) is 4.49. The van der Waals surface area contributed by atoms with Crippen LogP contribution >= 0.6 is 0 Å². The highest BCUT2D eigenvalue weighted by Crippen LogP contribution is 2.14. The molecule has 5 nitrogen and oxygen atoms in total. The van der Waals surface area contributed by atoms with Crippen molar-refractivity contribution in [3.63, 3.8) is 0 Å². The molecule has 0 aromatic carbocycles. The van der Waals surface area contributed by atoms with E-state index < -0.39 is 12.0 Å². The van der Waals surface area contributed by atoms with E-state index in [1.165, 1.54) is 0 Å². The van der Waals surface area contributed by atoms with E-state index in [0.717, 1.165) is 5.82 Å². The summed E-state index contributed by atoms with van der Waals surface area (Å²) in [6.07, 6.45) is 3.92. The predicted octanol–water partition coefficient (Wildman–Crippen LogP) is 1.42. The van der Waals surface area contributed by atoms with E-state index in [1.54, 1.807) is 17.0 Å². The Hall–Kier alpha value is -1.36. The number of carbonyl (C=O) groups is 1. The second-order valence-corrected chi connectivity index (χ2v) is 4.05. The molecule has 0 aliphatic heterocycles. The van der Waals surface area contributed by atoms with Gasteiger partial charge in [-0.05, 0) is 6.42 Å². The van der Waals surface area contributed by atoms with Crippen molar-refractivity contribution in [1.29, 1.82) is 0 Å². The van der Waals surface area contributed by atoms with Crippen LogP contribution in [0.15, 0.2) is 12.4 Å². The number of nitrogens with one attached hydrogen (secondary N) is 1. The Morgan fingerprint density at radius 1 is 1.62 bits per heavy atom. The maximum Gasteiger partial charge on any atom is 0.326 e. The molecule has 0 radical (unpaired) electrons. The van der Waals surface area contributed by atoms with Crippen LogP contribution in [-0.2, 0) is 11.3 Å². The Labute approximate surface area is 95.5 Å². The fraction of sp³-hybridized carbons (Fsp3) is 0.636. The molecule has 0 aliphatic carbocycles. The molecule has 1 rings (SSSR count). The molecule has 1 unspecified atom stereocenters. The average Bonchev–Trinajstić information content (AvgIpc) is 2.63. The number of hydrogen-bond acceptors (Lipinski definition) is 3. The lowest BCUT2D eigenvalue weighted by Gasteiger charge is -2.16. The minimum atomic E-state index is -0.814. The number of aromatic nitrogens is 2. The van der Waals surface area contributed by atoms with Crippen molar-refractivity contribution in [2.45, 2.75) is 45.8 Å². The zero-order valence-corrected chi connectivity index (χ0v) is 9.97. The molecule has 2 N–H and O–H groups in total. The zero-order valence-electron chi connectivity index (χ0n) is 9.97. The SMILES string of the molecule is CCC(C(=O)O)n1ccnc1CNC(C)C. The van der Waals surface area contributed by atoms with Crippen LogP contribution in [0.4, 0.5) is 0 Å². The molecule has 0 saturated carbocycles. The van der Waals surface area contributed by atoms with Crippen LogP contribution < -0.4 is 5.32 Å². The normalized spacial score (nSPS) is 13.0. The molecule has 0 amide bonds. The largest absolute Gasteiger partial charge is 0.480 e. The van der Waals surface area contributed by atoms with Crippen LogP contribution in [0, 0.1) is 0 Å². The molecular weight excluding hydrogens is 206 g/mol. The number of rotatable bonds is 6.